The maximum absolute atomic E-state index is 11.8. The van der Waals surface area contributed by atoms with E-state index in [1.54, 1.807) is 15.6 Å². The molecule has 1 saturated heterocycles. The third kappa shape index (κ3) is 3.11. The van der Waals surface area contributed by atoms with Crippen LogP contribution in [0.3, 0.4) is 0 Å². The number of halogens is 1. The van der Waals surface area contributed by atoms with Crippen molar-refractivity contribution < 1.29 is 4.79 Å². The van der Waals surface area contributed by atoms with Crippen molar-refractivity contribution in [1.29, 1.82) is 0 Å². The summed E-state index contributed by atoms with van der Waals surface area (Å²) in [6.45, 7) is 2.57. The Morgan fingerprint density at radius 2 is 2.22 bits per heavy atom. The molecular formula is C15H21ClN6O. The fourth-order valence-electron chi connectivity index (χ4n) is 3.10. The first-order chi connectivity index (χ1) is 11.0. The zero-order valence-electron chi connectivity index (χ0n) is 13.5. The van der Waals surface area contributed by atoms with Crippen molar-refractivity contribution in [2.75, 3.05) is 0 Å². The Hall–Kier alpha value is -1.86. The number of nitrogens with zero attached hydrogens (tertiary/aromatic N) is 4. The van der Waals surface area contributed by atoms with E-state index in [1.807, 2.05) is 27.1 Å². The fourth-order valence-corrected chi connectivity index (χ4v) is 3.34. The molecule has 2 aromatic heterocycles. The summed E-state index contributed by atoms with van der Waals surface area (Å²) < 4.78 is 3.47. The molecule has 2 aromatic rings. The van der Waals surface area contributed by atoms with Crippen molar-refractivity contribution in [3.63, 3.8) is 0 Å². The third-order valence-corrected chi connectivity index (χ3v) is 4.86. The minimum absolute atomic E-state index is 0.0739. The predicted octanol–water partition coefficient (Wildman–Crippen LogP) is 1.22. The molecule has 7 nitrogen and oxygen atoms in total. The number of carbonyl (C=O) groups excluding carboxylic acids is 1. The largest absolute Gasteiger partial charge is 0.346 e. The summed E-state index contributed by atoms with van der Waals surface area (Å²) in [5.74, 6) is 0.0739. The molecule has 2 N–H and O–H groups in total. The van der Waals surface area contributed by atoms with Gasteiger partial charge in [0.15, 0.2) is 0 Å². The van der Waals surface area contributed by atoms with E-state index in [9.17, 15) is 4.79 Å². The van der Waals surface area contributed by atoms with Crippen LogP contribution in [0.15, 0.2) is 12.3 Å². The highest BCUT2D eigenvalue weighted by atomic mass is 35.5. The molecule has 124 valence electrons. The van der Waals surface area contributed by atoms with Crippen molar-refractivity contribution in [1.82, 2.24) is 30.2 Å². The SMILES string of the molecule is Cc1nn(C)c(Cl)c1CN[C@@H]1CCC(=O)N[C@H]1c1ccnn1C. The molecule has 23 heavy (non-hydrogen) atoms. The predicted molar refractivity (Wildman–Crippen MR) is 86.9 cm³/mol. The van der Waals surface area contributed by atoms with E-state index < -0.39 is 0 Å². The van der Waals surface area contributed by atoms with Gasteiger partial charge in [-0.1, -0.05) is 11.6 Å². The van der Waals surface area contributed by atoms with Crippen LogP contribution in [0.5, 0.6) is 0 Å². The smallest absolute Gasteiger partial charge is 0.220 e. The van der Waals surface area contributed by atoms with Crippen LogP contribution in [-0.4, -0.2) is 31.5 Å². The molecule has 3 heterocycles. The number of amides is 1. The van der Waals surface area contributed by atoms with E-state index in [2.05, 4.69) is 20.8 Å². The van der Waals surface area contributed by atoms with Crippen LogP contribution in [0.4, 0.5) is 0 Å². The van der Waals surface area contributed by atoms with Gasteiger partial charge >= 0.3 is 0 Å². The van der Waals surface area contributed by atoms with Crippen molar-refractivity contribution >= 4 is 17.5 Å². The summed E-state index contributed by atoms with van der Waals surface area (Å²) in [5.41, 5.74) is 2.90. The number of piperidine rings is 1. The minimum Gasteiger partial charge on any atom is -0.346 e. The first kappa shape index (κ1) is 16.0. The summed E-state index contributed by atoms with van der Waals surface area (Å²) in [6.07, 6.45) is 3.04. The molecule has 0 bridgehead atoms. The van der Waals surface area contributed by atoms with E-state index in [0.717, 1.165) is 23.4 Å². The van der Waals surface area contributed by atoms with Gasteiger partial charge in [-0.25, -0.2) is 0 Å². The van der Waals surface area contributed by atoms with Gasteiger partial charge < -0.3 is 10.6 Å². The van der Waals surface area contributed by atoms with Gasteiger partial charge in [0.25, 0.3) is 0 Å². The lowest BCUT2D eigenvalue weighted by molar-refractivity contribution is -0.124. The highest BCUT2D eigenvalue weighted by Crippen LogP contribution is 2.25. The molecule has 0 radical (unpaired) electrons. The first-order valence-electron chi connectivity index (χ1n) is 7.66. The number of nitrogens with one attached hydrogen (secondary N) is 2. The van der Waals surface area contributed by atoms with Crippen molar-refractivity contribution in [2.24, 2.45) is 14.1 Å². The van der Waals surface area contributed by atoms with Crippen molar-refractivity contribution in [2.45, 2.75) is 38.4 Å². The Balaban J connectivity index is 1.77. The topological polar surface area (TPSA) is 76.8 Å². The quantitative estimate of drug-likeness (QED) is 0.880. The third-order valence-electron chi connectivity index (χ3n) is 4.39. The molecule has 8 heteroatoms. The van der Waals surface area contributed by atoms with E-state index in [0.29, 0.717) is 18.1 Å². The highest BCUT2D eigenvalue weighted by Gasteiger charge is 2.31. The second-order valence-electron chi connectivity index (χ2n) is 5.93. The van der Waals surface area contributed by atoms with E-state index in [1.165, 1.54) is 0 Å². The summed E-state index contributed by atoms with van der Waals surface area (Å²) in [6, 6.07) is 1.96. The molecule has 2 atom stereocenters. The average Bonchev–Trinajstić information content (AvgIpc) is 3.03. The molecule has 0 spiro atoms. The molecule has 0 saturated carbocycles. The van der Waals surface area contributed by atoms with E-state index in [4.69, 9.17) is 11.6 Å². The van der Waals surface area contributed by atoms with E-state index in [-0.39, 0.29) is 18.0 Å². The van der Waals surface area contributed by atoms with Gasteiger partial charge in [-0.3, -0.25) is 14.2 Å². The molecule has 0 aromatic carbocycles. The van der Waals surface area contributed by atoms with Gasteiger partial charge in [0.2, 0.25) is 5.91 Å². The molecule has 0 unspecified atom stereocenters. The number of rotatable bonds is 4. The second kappa shape index (κ2) is 6.33. The summed E-state index contributed by atoms with van der Waals surface area (Å²) >= 11 is 6.29. The van der Waals surface area contributed by atoms with Gasteiger partial charge in [-0.05, 0) is 19.4 Å². The highest BCUT2D eigenvalue weighted by molar-refractivity contribution is 6.30. The van der Waals surface area contributed by atoms with Crippen molar-refractivity contribution in [3.05, 3.63) is 34.4 Å². The lowest BCUT2D eigenvalue weighted by Crippen LogP contribution is -2.48. The molecular weight excluding hydrogens is 316 g/mol. The molecule has 1 amide bonds. The van der Waals surface area contributed by atoms with Crippen LogP contribution in [0.1, 0.15) is 35.8 Å². The Kier molecular flexibility index (Phi) is 4.41. The maximum atomic E-state index is 11.8. The normalized spacial score (nSPS) is 21.5. The average molecular weight is 337 g/mol. The standard InChI is InChI=1S/C15H21ClN6O/c1-9-10(15(16)22(3)20-9)8-17-11-4-5-13(23)19-14(11)12-6-7-18-21(12)2/h6-7,11,14,17H,4-5,8H2,1-3H3,(H,19,23)/t11-,14-/m1/s1. The van der Waals surface area contributed by atoms with Gasteiger partial charge in [0.05, 0.1) is 17.4 Å². The summed E-state index contributed by atoms with van der Waals surface area (Å²) in [5, 5.41) is 15.8. The Labute approximate surface area is 140 Å². The van der Waals surface area contributed by atoms with Gasteiger partial charge in [0.1, 0.15) is 5.15 Å². The number of aromatic nitrogens is 4. The van der Waals surface area contributed by atoms with Crippen LogP contribution in [-0.2, 0) is 25.4 Å². The van der Waals surface area contributed by atoms with Crippen LogP contribution in [0.25, 0.3) is 0 Å². The monoisotopic (exact) mass is 336 g/mol. The molecule has 1 aliphatic heterocycles. The zero-order chi connectivity index (χ0) is 16.6. The number of aryl methyl sites for hydroxylation is 3. The molecule has 0 aliphatic carbocycles. The number of carbonyl (C=O) groups is 1. The lowest BCUT2D eigenvalue weighted by Gasteiger charge is -2.33. The van der Waals surface area contributed by atoms with Gasteiger partial charge in [-0.15, -0.1) is 0 Å². The van der Waals surface area contributed by atoms with Gasteiger partial charge in [0, 0.05) is 44.9 Å². The minimum atomic E-state index is -0.0977. The fraction of sp³-hybridized carbons (Fsp3) is 0.533. The lowest BCUT2D eigenvalue weighted by atomic mass is 9.95. The van der Waals surface area contributed by atoms with Crippen LogP contribution >= 0.6 is 11.6 Å². The first-order valence-corrected chi connectivity index (χ1v) is 8.03. The maximum Gasteiger partial charge on any atom is 0.220 e. The van der Waals surface area contributed by atoms with Crippen molar-refractivity contribution in [3.8, 4) is 0 Å². The Bertz CT molecular complexity index is 722. The molecule has 3 rings (SSSR count). The summed E-state index contributed by atoms with van der Waals surface area (Å²) in [4.78, 5) is 11.8. The van der Waals surface area contributed by atoms with Crippen LogP contribution in [0, 0.1) is 6.92 Å². The van der Waals surface area contributed by atoms with Gasteiger partial charge in [-0.2, -0.15) is 10.2 Å². The zero-order valence-corrected chi connectivity index (χ0v) is 14.3. The second-order valence-corrected chi connectivity index (χ2v) is 6.29. The number of hydrogen-bond acceptors (Lipinski definition) is 4. The molecule has 1 fully saturated rings. The summed E-state index contributed by atoms with van der Waals surface area (Å²) in [7, 11) is 3.72. The van der Waals surface area contributed by atoms with E-state index >= 15 is 0 Å². The van der Waals surface area contributed by atoms with Crippen LogP contribution in [0.2, 0.25) is 5.15 Å². The Morgan fingerprint density at radius 3 is 2.83 bits per heavy atom. The number of hydrogen-bond donors (Lipinski definition) is 2. The molecule has 1 aliphatic rings. The van der Waals surface area contributed by atoms with Crippen LogP contribution < -0.4 is 10.6 Å². The Morgan fingerprint density at radius 1 is 1.43 bits per heavy atom.